The number of anilines is 1. The Morgan fingerprint density at radius 2 is 1.26 bits per heavy atom. The van der Waals surface area contributed by atoms with Gasteiger partial charge < -0.3 is 14.8 Å². The van der Waals surface area contributed by atoms with Crippen LogP contribution in [0.1, 0.15) is 18.5 Å². The zero-order valence-corrected chi connectivity index (χ0v) is 11.5. The summed E-state index contributed by atoms with van der Waals surface area (Å²) in [6.45, 7) is 2.13. The van der Waals surface area contributed by atoms with Crippen molar-refractivity contribution in [2.24, 2.45) is 0 Å². The van der Waals surface area contributed by atoms with E-state index in [0.29, 0.717) is 0 Å². The first-order valence-electron chi connectivity index (χ1n) is 6.27. The van der Waals surface area contributed by atoms with Gasteiger partial charge in [-0.25, -0.2) is 0 Å². The molecule has 0 bridgehead atoms. The monoisotopic (exact) mass is 257 g/mol. The van der Waals surface area contributed by atoms with E-state index in [2.05, 4.69) is 24.4 Å². The Kier molecular flexibility index (Phi) is 4.29. The van der Waals surface area contributed by atoms with Crippen LogP contribution < -0.4 is 14.8 Å². The van der Waals surface area contributed by atoms with Gasteiger partial charge in [-0.2, -0.15) is 0 Å². The maximum atomic E-state index is 5.16. The first-order valence-corrected chi connectivity index (χ1v) is 6.27. The molecular weight excluding hydrogens is 238 g/mol. The van der Waals surface area contributed by atoms with Gasteiger partial charge in [-0.3, -0.25) is 0 Å². The molecule has 1 N–H and O–H groups in total. The molecule has 2 rings (SSSR count). The molecule has 2 aromatic rings. The lowest BCUT2D eigenvalue weighted by atomic mass is 10.1. The van der Waals surface area contributed by atoms with Crippen molar-refractivity contribution in [1.82, 2.24) is 0 Å². The quantitative estimate of drug-likeness (QED) is 0.881. The summed E-state index contributed by atoms with van der Waals surface area (Å²) in [6, 6.07) is 16.2. The predicted octanol–water partition coefficient (Wildman–Crippen LogP) is 3.88. The number of rotatable bonds is 5. The molecule has 0 unspecified atom stereocenters. The van der Waals surface area contributed by atoms with Crippen LogP contribution in [0, 0.1) is 0 Å². The summed E-state index contributed by atoms with van der Waals surface area (Å²) in [7, 11) is 3.34. The Bertz CT molecular complexity index is 505. The molecule has 0 radical (unpaired) electrons. The molecule has 1 atom stereocenters. The number of nitrogens with one attached hydrogen (secondary N) is 1. The number of ether oxygens (including phenoxy) is 2. The van der Waals surface area contributed by atoms with Crippen LogP contribution in [0.3, 0.4) is 0 Å². The van der Waals surface area contributed by atoms with Crippen molar-refractivity contribution in [2.75, 3.05) is 19.5 Å². The normalized spacial score (nSPS) is 11.7. The molecule has 0 aliphatic rings. The Labute approximate surface area is 114 Å². The minimum Gasteiger partial charge on any atom is -0.497 e. The van der Waals surface area contributed by atoms with Crippen LogP contribution >= 0.6 is 0 Å². The Morgan fingerprint density at radius 3 is 1.74 bits per heavy atom. The fourth-order valence-corrected chi connectivity index (χ4v) is 1.91. The molecule has 0 heterocycles. The highest BCUT2D eigenvalue weighted by Gasteiger charge is 2.05. The van der Waals surface area contributed by atoms with E-state index in [1.807, 2.05) is 36.4 Å². The number of hydrogen-bond donors (Lipinski definition) is 1. The molecule has 3 nitrogen and oxygen atoms in total. The summed E-state index contributed by atoms with van der Waals surface area (Å²) in [5.41, 5.74) is 2.29. The van der Waals surface area contributed by atoms with Crippen LogP contribution in [-0.2, 0) is 0 Å². The topological polar surface area (TPSA) is 30.5 Å². The highest BCUT2D eigenvalue weighted by Crippen LogP contribution is 2.23. The third kappa shape index (κ3) is 3.41. The maximum Gasteiger partial charge on any atom is 0.119 e. The summed E-state index contributed by atoms with van der Waals surface area (Å²) in [6.07, 6.45) is 0. The molecule has 0 saturated heterocycles. The lowest BCUT2D eigenvalue weighted by molar-refractivity contribution is 0.414. The SMILES string of the molecule is COc1ccc(N[C@@H](C)c2ccc(OC)cc2)cc1. The molecule has 100 valence electrons. The molecular formula is C16H19NO2. The van der Waals surface area contributed by atoms with Gasteiger partial charge in [0, 0.05) is 11.7 Å². The minimum absolute atomic E-state index is 0.235. The molecule has 0 saturated carbocycles. The second-order valence-corrected chi connectivity index (χ2v) is 4.37. The third-order valence-electron chi connectivity index (χ3n) is 3.09. The average molecular weight is 257 g/mol. The van der Waals surface area contributed by atoms with E-state index in [9.17, 15) is 0 Å². The molecule has 0 aliphatic carbocycles. The van der Waals surface area contributed by atoms with Crippen molar-refractivity contribution in [2.45, 2.75) is 13.0 Å². The van der Waals surface area contributed by atoms with Crippen LogP contribution in [0.5, 0.6) is 11.5 Å². The smallest absolute Gasteiger partial charge is 0.119 e. The average Bonchev–Trinajstić information content (AvgIpc) is 2.48. The molecule has 0 aliphatic heterocycles. The first-order chi connectivity index (χ1) is 9.22. The molecule has 0 spiro atoms. The van der Waals surface area contributed by atoms with Crippen LogP contribution in [0.4, 0.5) is 5.69 Å². The van der Waals surface area contributed by atoms with Gasteiger partial charge in [0.15, 0.2) is 0 Å². The van der Waals surface area contributed by atoms with Gasteiger partial charge in [-0.05, 0) is 48.9 Å². The van der Waals surface area contributed by atoms with Crippen LogP contribution in [0.25, 0.3) is 0 Å². The standard InChI is InChI=1S/C16H19NO2/c1-12(13-4-8-15(18-2)9-5-13)17-14-6-10-16(19-3)11-7-14/h4-12,17H,1-3H3/t12-/m0/s1. The van der Waals surface area contributed by atoms with Gasteiger partial charge in [0.05, 0.1) is 14.2 Å². The fourth-order valence-electron chi connectivity index (χ4n) is 1.91. The van der Waals surface area contributed by atoms with E-state index < -0.39 is 0 Å². The number of methoxy groups -OCH3 is 2. The molecule has 0 fully saturated rings. The third-order valence-corrected chi connectivity index (χ3v) is 3.09. The minimum atomic E-state index is 0.235. The second-order valence-electron chi connectivity index (χ2n) is 4.37. The van der Waals surface area contributed by atoms with Crippen LogP contribution in [0.2, 0.25) is 0 Å². The van der Waals surface area contributed by atoms with E-state index in [1.54, 1.807) is 14.2 Å². The van der Waals surface area contributed by atoms with E-state index in [1.165, 1.54) is 5.56 Å². The summed E-state index contributed by atoms with van der Waals surface area (Å²) in [5.74, 6) is 1.74. The number of hydrogen-bond acceptors (Lipinski definition) is 3. The molecule has 0 amide bonds. The van der Waals surface area contributed by atoms with Crippen molar-refractivity contribution in [3.05, 3.63) is 54.1 Å². The molecule has 0 aromatic heterocycles. The largest absolute Gasteiger partial charge is 0.497 e. The van der Waals surface area contributed by atoms with E-state index >= 15 is 0 Å². The summed E-state index contributed by atoms with van der Waals surface area (Å²) in [5, 5.41) is 3.45. The van der Waals surface area contributed by atoms with Crippen molar-refractivity contribution in [1.29, 1.82) is 0 Å². The van der Waals surface area contributed by atoms with Crippen LogP contribution in [-0.4, -0.2) is 14.2 Å². The molecule has 2 aromatic carbocycles. The van der Waals surface area contributed by atoms with Gasteiger partial charge in [0.1, 0.15) is 11.5 Å². The van der Waals surface area contributed by atoms with Gasteiger partial charge >= 0.3 is 0 Å². The van der Waals surface area contributed by atoms with Crippen molar-refractivity contribution < 1.29 is 9.47 Å². The van der Waals surface area contributed by atoms with Gasteiger partial charge in [0.25, 0.3) is 0 Å². The second kappa shape index (κ2) is 6.14. The highest BCUT2D eigenvalue weighted by atomic mass is 16.5. The zero-order valence-electron chi connectivity index (χ0n) is 11.5. The highest BCUT2D eigenvalue weighted by molar-refractivity contribution is 5.48. The van der Waals surface area contributed by atoms with Gasteiger partial charge in [-0.15, -0.1) is 0 Å². The van der Waals surface area contributed by atoms with E-state index in [-0.39, 0.29) is 6.04 Å². The number of benzene rings is 2. The summed E-state index contributed by atoms with van der Waals surface area (Å²) < 4.78 is 10.3. The molecule has 19 heavy (non-hydrogen) atoms. The van der Waals surface area contributed by atoms with Gasteiger partial charge in [0.2, 0.25) is 0 Å². The Balaban J connectivity index is 2.04. The first kappa shape index (κ1) is 13.3. The van der Waals surface area contributed by atoms with Crippen molar-refractivity contribution in [3.8, 4) is 11.5 Å². The fraction of sp³-hybridized carbons (Fsp3) is 0.250. The van der Waals surface area contributed by atoms with Crippen LogP contribution in [0.15, 0.2) is 48.5 Å². The molecule has 3 heteroatoms. The lowest BCUT2D eigenvalue weighted by Gasteiger charge is -2.16. The lowest BCUT2D eigenvalue weighted by Crippen LogP contribution is -2.06. The Morgan fingerprint density at radius 1 is 0.789 bits per heavy atom. The Hall–Kier alpha value is -2.16. The van der Waals surface area contributed by atoms with Gasteiger partial charge in [-0.1, -0.05) is 12.1 Å². The van der Waals surface area contributed by atoms with E-state index in [0.717, 1.165) is 17.2 Å². The van der Waals surface area contributed by atoms with E-state index in [4.69, 9.17) is 9.47 Å². The zero-order chi connectivity index (χ0) is 13.7. The van der Waals surface area contributed by atoms with Crippen molar-refractivity contribution >= 4 is 5.69 Å². The summed E-state index contributed by atoms with van der Waals surface area (Å²) in [4.78, 5) is 0. The summed E-state index contributed by atoms with van der Waals surface area (Å²) >= 11 is 0. The predicted molar refractivity (Wildman–Crippen MR) is 78.0 cm³/mol. The maximum absolute atomic E-state index is 5.16. The van der Waals surface area contributed by atoms with Crippen molar-refractivity contribution in [3.63, 3.8) is 0 Å².